The predicted molar refractivity (Wildman–Crippen MR) is 93.5 cm³/mol. The molecule has 1 aliphatic carbocycles. The number of carbonyl (C=O) groups is 1. The largest absolute Gasteiger partial charge is 0.492 e. The third-order valence-electron chi connectivity index (χ3n) is 4.04. The maximum atomic E-state index is 12.4. The topological polar surface area (TPSA) is 76.1 Å². The highest BCUT2D eigenvalue weighted by atomic mass is 16.5. The van der Waals surface area contributed by atoms with Crippen LogP contribution < -0.4 is 15.4 Å². The lowest BCUT2D eigenvalue weighted by atomic mass is 10.2. The molecular formula is C18H22N4O2. The number of benzene rings is 1. The van der Waals surface area contributed by atoms with Crippen LogP contribution in [0.15, 0.2) is 36.7 Å². The molecule has 2 aromatic rings. The fourth-order valence-corrected chi connectivity index (χ4v) is 2.82. The molecule has 1 heterocycles. The normalized spacial score (nSPS) is 14.4. The van der Waals surface area contributed by atoms with E-state index < -0.39 is 0 Å². The van der Waals surface area contributed by atoms with Crippen LogP contribution in [0.3, 0.4) is 0 Å². The summed E-state index contributed by atoms with van der Waals surface area (Å²) in [7, 11) is 0. The van der Waals surface area contributed by atoms with E-state index in [1.165, 1.54) is 12.8 Å². The van der Waals surface area contributed by atoms with E-state index in [-0.39, 0.29) is 5.91 Å². The summed E-state index contributed by atoms with van der Waals surface area (Å²) in [6.45, 7) is 2.44. The molecule has 1 aromatic heterocycles. The zero-order valence-electron chi connectivity index (χ0n) is 13.8. The maximum absolute atomic E-state index is 12.4. The Morgan fingerprint density at radius 1 is 1.21 bits per heavy atom. The van der Waals surface area contributed by atoms with Gasteiger partial charge in [-0.25, -0.2) is 9.97 Å². The zero-order valence-corrected chi connectivity index (χ0v) is 13.8. The second-order valence-corrected chi connectivity index (χ2v) is 5.80. The van der Waals surface area contributed by atoms with Gasteiger partial charge in [0.2, 0.25) is 5.95 Å². The Labute approximate surface area is 141 Å². The molecule has 2 N–H and O–H groups in total. The van der Waals surface area contributed by atoms with Crippen molar-refractivity contribution in [2.24, 2.45) is 0 Å². The van der Waals surface area contributed by atoms with Crippen molar-refractivity contribution >= 4 is 17.5 Å². The summed E-state index contributed by atoms with van der Waals surface area (Å²) in [5.74, 6) is 0.969. The first-order valence-electron chi connectivity index (χ1n) is 8.38. The third kappa shape index (κ3) is 4.01. The smallest absolute Gasteiger partial charge is 0.258 e. The number of aromatic nitrogens is 2. The van der Waals surface area contributed by atoms with Crippen molar-refractivity contribution in [2.75, 3.05) is 17.2 Å². The molecule has 0 spiro atoms. The molecule has 0 aliphatic heterocycles. The molecule has 1 fully saturated rings. The summed E-state index contributed by atoms with van der Waals surface area (Å²) < 4.78 is 5.51. The van der Waals surface area contributed by atoms with Crippen LogP contribution in [-0.4, -0.2) is 28.5 Å². The number of carbonyl (C=O) groups excluding carboxylic acids is 1. The van der Waals surface area contributed by atoms with Gasteiger partial charge in [0.1, 0.15) is 5.75 Å². The van der Waals surface area contributed by atoms with E-state index in [1.54, 1.807) is 18.5 Å². The van der Waals surface area contributed by atoms with E-state index in [4.69, 9.17) is 4.74 Å². The van der Waals surface area contributed by atoms with Crippen molar-refractivity contribution in [3.05, 3.63) is 42.2 Å². The Morgan fingerprint density at radius 3 is 2.62 bits per heavy atom. The van der Waals surface area contributed by atoms with Crippen LogP contribution >= 0.6 is 0 Å². The van der Waals surface area contributed by atoms with Crippen LogP contribution in [0.5, 0.6) is 5.75 Å². The number of hydrogen-bond acceptors (Lipinski definition) is 5. The van der Waals surface area contributed by atoms with Crippen LogP contribution in [0, 0.1) is 0 Å². The summed E-state index contributed by atoms with van der Waals surface area (Å²) in [5.41, 5.74) is 1.05. The van der Waals surface area contributed by atoms with Gasteiger partial charge < -0.3 is 15.4 Å². The lowest BCUT2D eigenvalue weighted by Gasteiger charge is -2.12. The third-order valence-corrected chi connectivity index (χ3v) is 4.04. The number of nitrogens with zero attached hydrogens (tertiary/aromatic N) is 2. The molecule has 0 saturated heterocycles. The van der Waals surface area contributed by atoms with Gasteiger partial charge in [0.05, 0.1) is 17.9 Å². The minimum Gasteiger partial charge on any atom is -0.492 e. The van der Waals surface area contributed by atoms with Crippen LogP contribution in [0.2, 0.25) is 0 Å². The molecule has 0 unspecified atom stereocenters. The second-order valence-electron chi connectivity index (χ2n) is 5.80. The van der Waals surface area contributed by atoms with Crippen LogP contribution in [0.4, 0.5) is 11.6 Å². The van der Waals surface area contributed by atoms with Crippen molar-refractivity contribution < 1.29 is 9.53 Å². The first-order valence-corrected chi connectivity index (χ1v) is 8.38. The monoisotopic (exact) mass is 326 g/mol. The Morgan fingerprint density at radius 2 is 1.92 bits per heavy atom. The molecule has 126 valence electrons. The van der Waals surface area contributed by atoms with E-state index in [9.17, 15) is 4.79 Å². The van der Waals surface area contributed by atoms with Gasteiger partial charge in [-0.1, -0.05) is 25.0 Å². The van der Waals surface area contributed by atoms with Gasteiger partial charge in [-0.2, -0.15) is 0 Å². The molecule has 3 rings (SSSR count). The Kier molecular flexibility index (Phi) is 5.25. The van der Waals surface area contributed by atoms with Crippen molar-refractivity contribution in [3.8, 4) is 5.75 Å². The van der Waals surface area contributed by atoms with E-state index in [0.717, 1.165) is 12.8 Å². The average molecular weight is 326 g/mol. The lowest BCUT2D eigenvalue weighted by Crippen LogP contribution is -2.18. The molecule has 1 aromatic carbocycles. The minimum atomic E-state index is -0.255. The van der Waals surface area contributed by atoms with E-state index in [1.807, 2.05) is 25.1 Å². The summed E-state index contributed by atoms with van der Waals surface area (Å²) in [6, 6.07) is 7.79. The molecule has 6 heteroatoms. The van der Waals surface area contributed by atoms with Gasteiger partial charge in [0, 0.05) is 18.4 Å². The van der Waals surface area contributed by atoms with Crippen LogP contribution in [0.1, 0.15) is 43.0 Å². The molecule has 1 amide bonds. The summed E-state index contributed by atoms with van der Waals surface area (Å²) in [5, 5.41) is 6.15. The molecular weight excluding hydrogens is 304 g/mol. The average Bonchev–Trinajstić information content (AvgIpc) is 3.10. The van der Waals surface area contributed by atoms with Gasteiger partial charge >= 0.3 is 0 Å². The van der Waals surface area contributed by atoms with Crippen LogP contribution in [0.25, 0.3) is 0 Å². The Bertz CT molecular complexity index is 682. The van der Waals surface area contributed by atoms with Gasteiger partial charge in [-0.15, -0.1) is 0 Å². The van der Waals surface area contributed by atoms with Crippen molar-refractivity contribution in [2.45, 2.75) is 38.6 Å². The first-order chi connectivity index (χ1) is 11.8. The van der Waals surface area contributed by atoms with Crippen molar-refractivity contribution in [1.82, 2.24) is 9.97 Å². The number of ether oxygens (including phenoxy) is 1. The SMILES string of the molecule is CCOc1ccccc1NC(=O)c1cnc(NC2CCCC2)nc1. The second kappa shape index (κ2) is 7.77. The number of rotatable bonds is 6. The quantitative estimate of drug-likeness (QED) is 0.850. The van der Waals surface area contributed by atoms with Gasteiger partial charge in [0.15, 0.2) is 0 Å². The lowest BCUT2D eigenvalue weighted by molar-refractivity contribution is 0.102. The van der Waals surface area contributed by atoms with Gasteiger partial charge in [-0.3, -0.25) is 4.79 Å². The number of nitrogens with one attached hydrogen (secondary N) is 2. The fourth-order valence-electron chi connectivity index (χ4n) is 2.82. The minimum absolute atomic E-state index is 0.255. The van der Waals surface area contributed by atoms with E-state index >= 15 is 0 Å². The number of para-hydroxylation sites is 2. The summed E-state index contributed by atoms with van der Waals surface area (Å²) in [6.07, 6.45) is 7.89. The molecule has 0 radical (unpaired) electrons. The van der Waals surface area contributed by atoms with Gasteiger partial charge in [0.25, 0.3) is 5.91 Å². The molecule has 1 aliphatic rings. The Balaban J connectivity index is 1.64. The highest BCUT2D eigenvalue weighted by Crippen LogP contribution is 2.24. The molecule has 0 atom stereocenters. The van der Waals surface area contributed by atoms with Crippen molar-refractivity contribution in [3.63, 3.8) is 0 Å². The predicted octanol–water partition coefficient (Wildman–Crippen LogP) is 3.48. The molecule has 1 saturated carbocycles. The standard InChI is InChI=1S/C18H22N4O2/c1-2-24-16-10-6-5-9-15(16)22-17(23)13-11-19-18(20-12-13)21-14-7-3-4-8-14/h5-6,9-12,14H,2-4,7-8H2,1H3,(H,22,23)(H,19,20,21). The highest BCUT2D eigenvalue weighted by Gasteiger charge is 2.16. The number of amides is 1. The fraction of sp³-hybridized carbons (Fsp3) is 0.389. The summed E-state index contributed by atoms with van der Waals surface area (Å²) >= 11 is 0. The molecule has 0 bridgehead atoms. The summed E-state index contributed by atoms with van der Waals surface area (Å²) in [4.78, 5) is 20.9. The first kappa shape index (κ1) is 16.2. The zero-order chi connectivity index (χ0) is 16.8. The molecule has 24 heavy (non-hydrogen) atoms. The van der Waals surface area contributed by atoms with E-state index in [0.29, 0.717) is 35.6 Å². The van der Waals surface area contributed by atoms with E-state index in [2.05, 4.69) is 20.6 Å². The maximum Gasteiger partial charge on any atom is 0.258 e. The van der Waals surface area contributed by atoms with Crippen LogP contribution in [-0.2, 0) is 0 Å². The number of hydrogen-bond donors (Lipinski definition) is 2. The number of anilines is 2. The van der Waals surface area contributed by atoms with Crippen molar-refractivity contribution in [1.29, 1.82) is 0 Å². The Hall–Kier alpha value is -2.63. The van der Waals surface area contributed by atoms with Gasteiger partial charge in [-0.05, 0) is 31.9 Å². The molecule has 6 nitrogen and oxygen atoms in total. The highest BCUT2D eigenvalue weighted by molar-refractivity contribution is 6.04.